The molecule has 1 aliphatic heterocycles. The number of pyridine rings is 1. The molecule has 3 aromatic rings. The highest BCUT2D eigenvalue weighted by Crippen LogP contribution is 2.23. The molecule has 33 heavy (non-hydrogen) atoms. The van der Waals surface area contributed by atoms with Gasteiger partial charge in [-0.15, -0.1) is 10.2 Å². The Balaban J connectivity index is 1.29. The van der Waals surface area contributed by atoms with Crippen LogP contribution in [0.1, 0.15) is 18.4 Å². The van der Waals surface area contributed by atoms with Gasteiger partial charge in [0.05, 0.1) is 16.5 Å². The number of carbonyl (C=O) groups excluding carboxylic acids is 1. The molecule has 0 aliphatic carbocycles. The fourth-order valence-corrected chi connectivity index (χ4v) is 4.40. The van der Waals surface area contributed by atoms with E-state index in [4.69, 9.17) is 5.14 Å². The van der Waals surface area contributed by atoms with E-state index in [0.717, 1.165) is 42.0 Å². The van der Waals surface area contributed by atoms with Crippen molar-refractivity contribution >= 4 is 21.7 Å². The lowest BCUT2D eigenvalue weighted by Gasteiger charge is -2.32. The molecule has 4 rings (SSSR count). The minimum atomic E-state index is -3.70. The van der Waals surface area contributed by atoms with Crippen molar-refractivity contribution in [2.45, 2.75) is 24.2 Å². The number of nitrogens with two attached hydrogens (primary N) is 1. The van der Waals surface area contributed by atoms with Crippen LogP contribution in [0.5, 0.6) is 0 Å². The van der Waals surface area contributed by atoms with E-state index in [1.807, 2.05) is 24.3 Å². The highest BCUT2D eigenvalue weighted by Gasteiger charge is 2.26. The van der Waals surface area contributed by atoms with Crippen LogP contribution >= 0.6 is 0 Å². The average Bonchev–Trinajstić information content (AvgIpc) is 2.84. The van der Waals surface area contributed by atoms with E-state index < -0.39 is 10.0 Å². The summed E-state index contributed by atoms with van der Waals surface area (Å²) in [6, 6.07) is 14.0. The Morgan fingerprint density at radius 1 is 1.12 bits per heavy atom. The first kappa shape index (κ1) is 22.8. The summed E-state index contributed by atoms with van der Waals surface area (Å²) in [5.41, 5.74) is 2.60. The molecule has 1 aliphatic rings. The molecule has 1 aromatic carbocycles. The van der Waals surface area contributed by atoms with Gasteiger partial charge in [0, 0.05) is 37.6 Å². The van der Waals surface area contributed by atoms with Crippen molar-refractivity contribution < 1.29 is 13.2 Å². The number of sulfonamides is 1. The van der Waals surface area contributed by atoms with Gasteiger partial charge >= 0.3 is 0 Å². The van der Waals surface area contributed by atoms with Gasteiger partial charge in [0.15, 0.2) is 5.82 Å². The Hall–Kier alpha value is -3.37. The van der Waals surface area contributed by atoms with Crippen LogP contribution in [0, 0.1) is 5.92 Å². The first-order chi connectivity index (χ1) is 15.9. The molecule has 3 N–H and O–H groups in total. The minimum Gasteiger partial charge on any atom is -0.355 e. The molecule has 1 unspecified atom stereocenters. The zero-order chi connectivity index (χ0) is 23.3. The number of piperidine rings is 1. The molecule has 0 spiro atoms. The maximum atomic E-state index is 12.7. The molecule has 1 fully saturated rings. The molecule has 3 heterocycles. The van der Waals surface area contributed by atoms with E-state index >= 15 is 0 Å². The lowest BCUT2D eigenvalue weighted by Crippen LogP contribution is -2.43. The van der Waals surface area contributed by atoms with Crippen LogP contribution in [0.15, 0.2) is 65.8 Å². The second-order valence-electron chi connectivity index (χ2n) is 8.03. The fourth-order valence-electron chi connectivity index (χ4n) is 3.88. The largest absolute Gasteiger partial charge is 0.355 e. The molecule has 2 aromatic heterocycles. The lowest BCUT2D eigenvalue weighted by molar-refractivity contribution is -0.125. The van der Waals surface area contributed by atoms with Crippen molar-refractivity contribution in [3.63, 3.8) is 0 Å². The second-order valence-corrected chi connectivity index (χ2v) is 9.60. The van der Waals surface area contributed by atoms with E-state index in [9.17, 15) is 13.2 Å². The monoisotopic (exact) mass is 466 g/mol. The summed E-state index contributed by atoms with van der Waals surface area (Å²) in [5.74, 6) is 0.652. The topological polar surface area (TPSA) is 131 Å². The number of hydrogen-bond acceptors (Lipinski definition) is 7. The number of benzene rings is 1. The van der Waals surface area contributed by atoms with Crippen LogP contribution < -0.4 is 15.4 Å². The Morgan fingerprint density at radius 3 is 2.61 bits per heavy atom. The molecule has 1 saturated heterocycles. The summed E-state index contributed by atoms with van der Waals surface area (Å²) in [4.78, 5) is 19.0. The normalized spacial score (nSPS) is 16.4. The molecule has 172 valence electrons. The Labute approximate surface area is 193 Å². The van der Waals surface area contributed by atoms with Crippen molar-refractivity contribution in [3.8, 4) is 11.3 Å². The molecule has 9 nitrogen and oxygen atoms in total. The lowest BCUT2D eigenvalue weighted by atomic mass is 9.97. The highest BCUT2D eigenvalue weighted by molar-refractivity contribution is 7.89. The number of primary sulfonamides is 1. The predicted octanol–water partition coefficient (Wildman–Crippen LogP) is 1.76. The molecule has 0 bridgehead atoms. The first-order valence-electron chi connectivity index (χ1n) is 10.8. The first-order valence-corrected chi connectivity index (χ1v) is 12.3. The van der Waals surface area contributed by atoms with Gasteiger partial charge in [-0.3, -0.25) is 9.78 Å². The molecule has 1 amide bonds. The van der Waals surface area contributed by atoms with Crippen molar-refractivity contribution in [3.05, 3.63) is 66.5 Å². The van der Waals surface area contributed by atoms with E-state index in [0.29, 0.717) is 19.5 Å². The van der Waals surface area contributed by atoms with Crippen molar-refractivity contribution in [2.24, 2.45) is 11.1 Å². The van der Waals surface area contributed by atoms with Gasteiger partial charge in [0.2, 0.25) is 15.9 Å². The molecule has 1 atom stereocenters. The van der Waals surface area contributed by atoms with Crippen LogP contribution in [0.25, 0.3) is 11.3 Å². The van der Waals surface area contributed by atoms with Gasteiger partial charge in [-0.05, 0) is 61.2 Å². The van der Waals surface area contributed by atoms with Crippen LogP contribution in [-0.2, 0) is 21.2 Å². The summed E-state index contributed by atoms with van der Waals surface area (Å²) in [6.45, 7) is 1.90. The third-order valence-electron chi connectivity index (χ3n) is 5.69. The SMILES string of the molecule is NS(=O)(=O)c1ccc(CCNC(=O)C2CCCN(c3ccc(-c4cccnc4)nn3)C2)cc1. The zero-order valence-electron chi connectivity index (χ0n) is 18.1. The third-order valence-corrected chi connectivity index (χ3v) is 6.62. The number of anilines is 1. The summed E-state index contributed by atoms with van der Waals surface area (Å²) in [5, 5.41) is 16.8. The molecule has 0 radical (unpaired) electrons. The molecule has 10 heteroatoms. The summed E-state index contributed by atoms with van der Waals surface area (Å²) in [6.07, 6.45) is 5.80. The van der Waals surface area contributed by atoms with E-state index in [1.54, 1.807) is 24.5 Å². The predicted molar refractivity (Wildman–Crippen MR) is 125 cm³/mol. The van der Waals surface area contributed by atoms with Gasteiger partial charge in [-0.1, -0.05) is 12.1 Å². The minimum absolute atomic E-state index is 0.0146. The third kappa shape index (κ3) is 5.91. The van der Waals surface area contributed by atoms with E-state index in [2.05, 4.69) is 25.4 Å². The number of rotatable bonds is 7. The maximum absolute atomic E-state index is 12.7. The van der Waals surface area contributed by atoms with Gasteiger partial charge in [0.1, 0.15) is 0 Å². The molecular weight excluding hydrogens is 440 g/mol. The molecular formula is C23H26N6O3S. The fraction of sp³-hybridized carbons (Fsp3) is 0.304. The second kappa shape index (κ2) is 10.1. The zero-order valence-corrected chi connectivity index (χ0v) is 18.9. The van der Waals surface area contributed by atoms with Gasteiger partial charge in [-0.25, -0.2) is 13.6 Å². The van der Waals surface area contributed by atoms with Crippen LogP contribution in [-0.4, -0.2) is 49.1 Å². The number of carbonyl (C=O) groups is 1. The number of hydrogen-bond donors (Lipinski definition) is 2. The number of aromatic nitrogens is 3. The summed E-state index contributed by atoms with van der Waals surface area (Å²) in [7, 11) is -3.70. The summed E-state index contributed by atoms with van der Waals surface area (Å²) < 4.78 is 22.7. The number of nitrogens with one attached hydrogen (secondary N) is 1. The van der Waals surface area contributed by atoms with Crippen LogP contribution in [0.3, 0.4) is 0 Å². The van der Waals surface area contributed by atoms with Crippen molar-refractivity contribution in [2.75, 3.05) is 24.5 Å². The van der Waals surface area contributed by atoms with E-state index in [1.165, 1.54) is 12.1 Å². The van der Waals surface area contributed by atoms with Gasteiger partial charge in [0.25, 0.3) is 0 Å². The highest BCUT2D eigenvalue weighted by atomic mass is 32.2. The average molecular weight is 467 g/mol. The van der Waals surface area contributed by atoms with Gasteiger partial charge < -0.3 is 10.2 Å². The number of nitrogens with zero attached hydrogens (tertiary/aromatic N) is 4. The maximum Gasteiger partial charge on any atom is 0.238 e. The van der Waals surface area contributed by atoms with Gasteiger partial charge in [-0.2, -0.15) is 0 Å². The quantitative estimate of drug-likeness (QED) is 0.542. The Bertz CT molecular complexity index is 1190. The van der Waals surface area contributed by atoms with Crippen molar-refractivity contribution in [1.29, 1.82) is 0 Å². The van der Waals surface area contributed by atoms with Crippen LogP contribution in [0.4, 0.5) is 5.82 Å². The smallest absolute Gasteiger partial charge is 0.238 e. The standard InChI is InChI=1S/C23H26N6O3S/c24-33(31,32)20-7-5-17(6-8-20)11-13-26-23(30)19-4-2-14-29(16-19)22-10-9-21(27-28-22)18-3-1-12-25-15-18/h1,3,5-10,12,15,19H,2,4,11,13-14,16H2,(H,26,30)(H2,24,31,32). The summed E-state index contributed by atoms with van der Waals surface area (Å²) >= 11 is 0. The Kier molecular flexibility index (Phi) is 6.95. The van der Waals surface area contributed by atoms with Crippen molar-refractivity contribution in [1.82, 2.24) is 20.5 Å². The van der Waals surface area contributed by atoms with Crippen LogP contribution in [0.2, 0.25) is 0 Å². The number of amides is 1. The Morgan fingerprint density at radius 2 is 1.94 bits per heavy atom. The van der Waals surface area contributed by atoms with E-state index in [-0.39, 0.29) is 16.7 Å². The molecule has 0 saturated carbocycles.